The highest BCUT2D eigenvalue weighted by atomic mass is 127. The number of hydrogen-bond donors (Lipinski definition) is 2. The predicted octanol–water partition coefficient (Wildman–Crippen LogP) is 3.13. The SMILES string of the molecule is I.NC(=NCCCN1C(=O)C2C3C=CC(C3)C2C1=O)Nc1ccc(OC(F)(F)F)cc1. The number of carbonyl (C=O) groups excluding carboxylic acids is 2. The first-order chi connectivity index (χ1) is 14.2. The second kappa shape index (κ2) is 9.05. The van der Waals surface area contributed by atoms with Crippen molar-refractivity contribution in [3.8, 4) is 5.75 Å². The Kier molecular flexibility index (Phi) is 6.82. The van der Waals surface area contributed by atoms with Crippen molar-refractivity contribution in [3.05, 3.63) is 36.4 Å². The van der Waals surface area contributed by atoms with Crippen LogP contribution in [0.5, 0.6) is 5.75 Å². The van der Waals surface area contributed by atoms with Gasteiger partial charge in [0.25, 0.3) is 0 Å². The number of aliphatic imine (C=N–C) groups is 1. The molecule has 1 aromatic carbocycles. The molecule has 3 aliphatic rings. The smallest absolute Gasteiger partial charge is 0.406 e. The van der Waals surface area contributed by atoms with Crippen molar-refractivity contribution < 1.29 is 27.5 Å². The van der Waals surface area contributed by atoms with E-state index in [4.69, 9.17) is 5.73 Å². The molecule has 2 amide bonds. The monoisotopic (exact) mass is 550 g/mol. The van der Waals surface area contributed by atoms with Gasteiger partial charge in [0.2, 0.25) is 11.8 Å². The predicted molar refractivity (Wildman–Crippen MR) is 118 cm³/mol. The van der Waals surface area contributed by atoms with E-state index in [1.807, 2.05) is 0 Å². The van der Waals surface area contributed by atoms with Crippen LogP contribution in [0.25, 0.3) is 0 Å². The van der Waals surface area contributed by atoms with Crippen LogP contribution in [0.2, 0.25) is 0 Å². The minimum absolute atomic E-state index is 0. The Hall–Kier alpha value is -2.31. The second-order valence-corrected chi connectivity index (χ2v) is 7.65. The number of guanidine groups is 1. The molecule has 3 N–H and O–H groups in total. The first-order valence-electron chi connectivity index (χ1n) is 9.69. The van der Waals surface area contributed by atoms with Crippen molar-refractivity contribution in [1.82, 2.24) is 4.90 Å². The average molecular weight is 550 g/mol. The number of fused-ring (bicyclic) bond motifs is 5. The van der Waals surface area contributed by atoms with Crippen LogP contribution in [0, 0.1) is 23.7 Å². The van der Waals surface area contributed by atoms with E-state index in [0.717, 1.165) is 18.6 Å². The van der Waals surface area contributed by atoms with E-state index in [1.165, 1.54) is 17.0 Å². The van der Waals surface area contributed by atoms with Gasteiger partial charge in [-0.25, -0.2) is 0 Å². The Balaban J connectivity index is 0.00000272. The van der Waals surface area contributed by atoms with Crippen molar-refractivity contribution in [3.63, 3.8) is 0 Å². The number of rotatable bonds is 6. The normalized spacial score (nSPS) is 26.8. The number of amides is 2. The summed E-state index contributed by atoms with van der Waals surface area (Å²) in [5.41, 5.74) is 6.24. The summed E-state index contributed by atoms with van der Waals surface area (Å²) in [7, 11) is 0. The zero-order valence-corrected chi connectivity index (χ0v) is 18.7. The largest absolute Gasteiger partial charge is 0.573 e. The number of allylic oxidation sites excluding steroid dienone is 2. The fourth-order valence-corrected chi connectivity index (χ4v) is 4.54. The van der Waals surface area contributed by atoms with Gasteiger partial charge in [-0.2, -0.15) is 0 Å². The summed E-state index contributed by atoms with van der Waals surface area (Å²) in [5, 5.41) is 2.77. The number of nitrogens with one attached hydrogen (secondary N) is 1. The molecule has 31 heavy (non-hydrogen) atoms. The van der Waals surface area contributed by atoms with Crippen LogP contribution in [-0.4, -0.2) is 42.1 Å². The molecule has 4 rings (SSSR count). The highest BCUT2D eigenvalue weighted by Gasteiger charge is 2.58. The van der Waals surface area contributed by atoms with E-state index in [9.17, 15) is 22.8 Å². The molecule has 0 spiro atoms. The first-order valence-corrected chi connectivity index (χ1v) is 9.69. The van der Waals surface area contributed by atoms with E-state index in [2.05, 4.69) is 27.2 Å². The average Bonchev–Trinajstić information content (AvgIpc) is 3.34. The number of hydrogen-bond acceptors (Lipinski definition) is 4. The fourth-order valence-electron chi connectivity index (χ4n) is 4.54. The topological polar surface area (TPSA) is 97.0 Å². The third-order valence-corrected chi connectivity index (χ3v) is 5.74. The molecule has 168 valence electrons. The van der Waals surface area contributed by atoms with Crippen LogP contribution in [0.1, 0.15) is 12.8 Å². The minimum Gasteiger partial charge on any atom is -0.406 e. The Morgan fingerprint density at radius 2 is 1.71 bits per heavy atom. The Morgan fingerprint density at radius 3 is 2.26 bits per heavy atom. The lowest BCUT2D eigenvalue weighted by atomic mass is 9.85. The third kappa shape index (κ3) is 4.96. The second-order valence-electron chi connectivity index (χ2n) is 7.65. The standard InChI is InChI=1S/C20H21F3N4O3.HI/c21-20(22,23)30-14-6-4-13(5-7-14)26-19(24)25-8-1-9-27-17(28)15-11-2-3-12(10-11)16(15)18(27)29;/h2-7,11-12,15-16H,1,8-10H2,(H3,24,25,26);1H. The number of ether oxygens (including phenoxy) is 1. The molecule has 1 saturated carbocycles. The first kappa shape index (κ1) is 23.4. The lowest BCUT2D eigenvalue weighted by Gasteiger charge is -2.16. The van der Waals surface area contributed by atoms with E-state index in [-0.39, 0.29) is 71.2 Å². The molecule has 2 aliphatic carbocycles. The van der Waals surface area contributed by atoms with Gasteiger partial charge in [-0.3, -0.25) is 19.5 Å². The van der Waals surface area contributed by atoms with Gasteiger partial charge in [0.15, 0.2) is 5.96 Å². The van der Waals surface area contributed by atoms with Crippen LogP contribution in [0.4, 0.5) is 18.9 Å². The number of nitrogens with zero attached hydrogens (tertiary/aromatic N) is 2. The van der Waals surface area contributed by atoms with Gasteiger partial charge in [0.1, 0.15) is 5.75 Å². The number of alkyl halides is 3. The molecule has 0 radical (unpaired) electrons. The maximum atomic E-state index is 12.6. The molecule has 11 heteroatoms. The molecule has 4 unspecified atom stereocenters. The minimum atomic E-state index is -4.75. The Labute approximate surface area is 193 Å². The quantitative estimate of drug-likeness (QED) is 0.142. The molecule has 1 heterocycles. The van der Waals surface area contributed by atoms with Gasteiger partial charge in [0.05, 0.1) is 11.8 Å². The molecule has 1 saturated heterocycles. The van der Waals surface area contributed by atoms with E-state index >= 15 is 0 Å². The number of anilines is 1. The van der Waals surface area contributed by atoms with Crippen molar-refractivity contribution in [1.29, 1.82) is 0 Å². The molecule has 2 fully saturated rings. The summed E-state index contributed by atoms with van der Waals surface area (Å²) in [4.78, 5) is 30.7. The van der Waals surface area contributed by atoms with Crippen molar-refractivity contribution in [2.75, 3.05) is 18.4 Å². The molecular weight excluding hydrogens is 528 g/mol. The maximum Gasteiger partial charge on any atom is 0.573 e. The molecule has 1 aliphatic heterocycles. The molecule has 7 nitrogen and oxygen atoms in total. The van der Waals surface area contributed by atoms with Crippen LogP contribution in [0.3, 0.4) is 0 Å². The summed E-state index contributed by atoms with van der Waals surface area (Å²) in [6.45, 7) is 0.593. The van der Waals surface area contributed by atoms with Gasteiger partial charge < -0.3 is 15.8 Å². The summed E-state index contributed by atoms with van der Waals surface area (Å²) < 4.78 is 40.3. The highest BCUT2D eigenvalue weighted by molar-refractivity contribution is 14.0. The maximum absolute atomic E-state index is 12.6. The van der Waals surface area contributed by atoms with Gasteiger partial charge in [-0.05, 0) is 48.9 Å². The molecule has 0 aromatic heterocycles. The van der Waals surface area contributed by atoms with Crippen LogP contribution in [0.15, 0.2) is 41.4 Å². The summed E-state index contributed by atoms with van der Waals surface area (Å²) in [6.07, 6.45) is 0.733. The summed E-state index contributed by atoms with van der Waals surface area (Å²) in [6, 6.07) is 5.08. The highest BCUT2D eigenvalue weighted by Crippen LogP contribution is 2.52. The van der Waals surface area contributed by atoms with Crippen LogP contribution >= 0.6 is 24.0 Å². The van der Waals surface area contributed by atoms with Crippen molar-refractivity contribution in [2.24, 2.45) is 34.4 Å². The summed E-state index contributed by atoms with van der Waals surface area (Å²) >= 11 is 0. The van der Waals surface area contributed by atoms with Gasteiger partial charge in [-0.15, -0.1) is 37.1 Å². The fraction of sp³-hybridized carbons (Fsp3) is 0.450. The lowest BCUT2D eigenvalue weighted by molar-refractivity contribution is -0.274. The van der Waals surface area contributed by atoms with Crippen molar-refractivity contribution in [2.45, 2.75) is 19.2 Å². The van der Waals surface area contributed by atoms with Crippen molar-refractivity contribution >= 4 is 47.4 Å². The summed E-state index contributed by atoms with van der Waals surface area (Å²) in [5.74, 6) is -0.454. The van der Waals surface area contributed by atoms with Gasteiger partial charge >= 0.3 is 6.36 Å². The third-order valence-electron chi connectivity index (χ3n) is 5.74. The number of imide groups is 1. The van der Waals surface area contributed by atoms with E-state index in [1.54, 1.807) is 0 Å². The van der Waals surface area contributed by atoms with Crippen LogP contribution in [-0.2, 0) is 9.59 Å². The Bertz CT molecular complexity index is 874. The molecule has 1 aromatic rings. The molecular formula is C20H22F3IN4O3. The molecule has 2 bridgehead atoms. The van der Waals surface area contributed by atoms with Gasteiger partial charge in [-0.1, -0.05) is 12.2 Å². The number of benzene rings is 1. The van der Waals surface area contributed by atoms with Gasteiger partial charge in [0, 0.05) is 18.8 Å². The number of halogens is 4. The number of likely N-dealkylation sites (tertiary alicyclic amines) is 1. The van der Waals surface area contributed by atoms with Crippen LogP contribution < -0.4 is 15.8 Å². The molecule has 4 atom stereocenters. The zero-order chi connectivity index (χ0) is 21.5. The zero-order valence-electron chi connectivity index (χ0n) is 16.3. The Morgan fingerprint density at radius 1 is 1.13 bits per heavy atom. The van der Waals surface area contributed by atoms with E-state index in [0.29, 0.717) is 25.2 Å². The number of nitrogens with two attached hydrogens (primary N) is 1. The number of carbonyl (C=O) groups is 2. The van der Waals surface area contributed by atoms with E-state index < -0.39 is 6.36 Å². The lowest BCUT2D eigenvalue weighted by Crippen LogP contribution is -2.34.